The summed E-state index contributed by atoms with van der Waals surface area (Å²) in [5, 5.41) is 11.1. The Morgan fingerprint density at radius 1 is 1.05 bits per heavy atom. The van der Waals surface area contributed by atoms with Gasteiger partial charge in [0, 0.05) is 24.9 Å². The number of methoxy groups -OCH3 is 1. The summed E-state index contributed by atoms with van der Waals surface area (Å²) >= 11 is 0. The largest absolute Gasteiger partial charge is 0.493 e. The van der Waals surface area contributed by atoms with E-state index in [1.165, 1.54) is 7.11 Å². The Balaban J connectivity index is 1.69. The minimum absolute atomic E-state index is 0.168. The highest BCUT2D eigenvalue weighted by Crippen LogP contribution is 2.28. The number of benzene rings is 1. The van der Waals surface area contributed by atoms with Crippen LogP contribution in [0.3, 0.4) is 0 Å². The summed E-state index contributed by atoms with van der Waals surface area (Å²) in [6.07, 6.45) is 6.36. The maximum atomic E-state index is 12.3. The number of aliphatic imine (C=N–C) groups is 1. The first-order valence-corrected chi connectivity index (χ1v) is 13.8. The Hall–Kier alpha value is -3.34. The highest BCUT2D eigenvalue weighted by Gasteiger charge is 2.40. The van der Waals surface area contributed by atoms with Gasteiger partial charge in [0.1, 0.15) is 11.9 Å². The van der Waals surface area contributed by atoms with Crippen LogP contribution in [0.1, 0.15) is 77.2 Å². The molecule has 0 saturated heterocycles. The SMILES string of the molecule is CCCCCC(C)[C@@H]1OC(c2ccc(OCCCOC(=O)NCCCCCC(=O)NO)cc2)=N[C@@H]1C(=O)OC. The summed E-state index contributed by atoms with van der Waals surface area (Å²) in [6, 6.07) is 6.63. The number of carbonyl (C=O) groups is 3. The van der Waals surface area contributed by atoms with Gasteiger partial charge in [-0.2, -0.15) is 0 Å². The first-order valence-electron chi connectivity index (χ1n) is 13.8. The van der Waals surface area contributed by atoms with E-state index in [4.69, 9.17) is 24.2 Å². The second-order valence-corrected chi connectivity index (χ2v) is 9.59. The molecule has 218 valence electrons. The molecule has 2 rings (SSSR count). The highest BCUT2D eigenvalue weighted by atomic mass is 16.6. The van der Waals surface area contributed by atoms with Crippen molar-refractivity contribution in [3.8, 4) is 5.75 Å². The molecule has 11 heteroatoms. The van der Waals surface area contributed by atoms with Gasteiger partial charge in [0.25, 0.3) is 0 Å². The number of alkyl carbamates (subject to hydrolysis) is 1. The molecule has 2 amide bonds. The predicted molar refractivity (Wildman–Crippen MR) is 145 cm³/mol. The van der Waals surface area contributed by atoms with E-state index in [0.717, 1.165) is 37.7 Å². The summed E-state index contributed by atoms with van der Waals surface area (Å²) < 4.78 is 22.0. The Morgan fingerprint density at radius 2 is 1.82 bits per heavy atom. The molecular formula is C28H43N3O8. The van der Waals surface area contributed by atoms with Crippen LogP contribution in [0.2, 0.25) is 0 Å². The van der Waals surface area contributed by atoms with Crippen LogP contribution in [-0.2, 0) is 23.8 Å². The van der Waals surface area contributed by atoms with E-state index in [1.54, 1.807) is 5.48 Å². The van der Waals surface area contributed by atoms with E-state index in [2.05, 4.69) is 24.2 Å². The Kier molecular flexibility index (Phi) is 14.7. The van der Waals surface area contributed by atoms with Crippen molar-refractivity contribution < 1.29 is 38.5 Å². The van der Waals surface area contributed by atoms with Crippen LogP contribution < -0.4 is 15.5 Å². The molecule has 3 N–H and O–H groups in total. The number of nitrogens with zero attached hydrogens (tertiary/aromatic N) is 1. The zero-order chi connectivity index (χ0) is 28.5. The first kappa shape index (κ1) is 31.9. The number of amides is 2. The van der Waals surface area contributed by atoms with Gasteiger partial charge in [-0.25, -0.2) is 20.1 Å². The van der Waals surface area contributed by atoms with E-state index in [9.17, 15) is 14.4 Å². The zero-order valence-electron chi connectivity index (χ0n) is 23.3. The fourth-order valence-corrected chi connectivity index (χ4v) is 4.17. The van der Waals surface area contributed by atoms with Gasteiger partial charge in [-0.15, -0.1) is 0 Å². The molecule has 11 nitrogen and oxygen atoms in total. The highest BCUT2D eigenvalue weighted by molar-refractivity contribution is 5.98. The fraction of sp³-hybridized carbons (Fsp3) is 0.643. The number of unbranched alkanes of at least 4 members (excludes halogenated alkanes) is 4. The number of esters is 1. The van der Waals surface area contributed by atoms with E-state index in [-0.39, 0.29) is 25.0 Å². The van der Waals surface area contributed by atoms with Crippen LogP contribution in [0.15, 0.2) is 29.3 Å². The van der Waals surface area contributed by atoms with Crippen LogP contribution >= 0.6 is 0 Å². The summed E-state index contributed by atoms with van der Waals surface area (Å²) in [4.78, 5) is 39.5. The molecule has 1 aromatic rings. The molecule has 1 unspecified atom stereocenters. The molecule has 0 bridgehead atoms. The van der Waals surface area contributed by atoms with Gasteiger partial charge < -0.3 is 24.3 Å². The van der Waals surface area contributed by atoms with Gasteiger partial charge in [-0.3, -0.25) is 10.0 Å². The molecule has 0 aromatic heterocycles. The van der Waals surface area contributed by atoms with Crippen molar-refractivity contribution in [1.29, 1.82) is 0 Å². The van der Waals surface area contributed by atoms with Crippen LogP contribution in [0.5, 0.6) is 5.75 Å². The summed E-state index contributed by atoms with van der Waals surface area (Å²) in [5.41, 5.74) is 2.35. The number of ether oxygens (including phenoxy) is 4. The van der Waals surface area contributed by atoms with Crippen molar-refractivity contribution in [3.63, 3.8) is 0 Å². The lowest BCUT2D eigenvalue weighted by atomic mass is 9.93. The van der Waals surface area contributed by atoms with Crippen molar-refractivity contribution in [3.05, 3.63) is 29.8 Å². The molecule has 1 aromatic carbocycles. The lowest BCUT2D eigenvalue weighted by Gasteiger charge is -2.22. The third-order valence-electron chi connectivity index (χ3n) is 6.45. The van der Waals surface area contributed by atoms with E-state index < -0.39 is 24.0 Å². The quantitative estimate of drug-likeness (QED) is 0.107. The Morgan fingerprint density at radius 3 is 2.51 bits per heavy atom. The van der Waals surface area contributed by atoms with Crippen molar-refractivity contribution in [2.24, 2.45) is 10.9 Å². The molecule has 0 radical (unpaired) electrons. The first-order chi connectivity index (χ1) is 18.9. The molecule has 1 aliphatic heterocycles. The molecule has 0 spiro atoms. The van der Waals surface area contributed by atoms with Gasteiger partial charge in [0.2, 0.25) is 11.8 Å². The zero-order valence-corrected chi connectivity index (χ0v) is 23.3. The average molecular weight is 550 g/mol. The maximum Gasteiger partial charge on any atom is 0.407 e. The van der Waals surface area contributed by atoms with Crippen LogP contribution in [-0.4, -0.2) is 68.1 Å². The standard InChI is InChI=1S/C28H43N3O8/c1-4-5-7-11-20(2)25-24(27(33)36-3)30-26(39-25)21-13-15-22(16-14-21)37-18-10-19-38-28(34)29-17-9-6-8-12-23(32)31-35/h13-16,20,24-25,35H,4-12,17-19H2,1-3H3,(H,29,34)(H,31,32)/t20?,24-,25-/m0/s1. The molecule has 1 aliphatic rings. The van der Waals surface area contributed by atoms with Gasteiger partial charge >= 0.3 is 12.1 Å². The van der Waals surface area contributed by atoms with E-state index in [1.807, 2.05) is 24.3 Å². The Labute approximate surface area is 230 Å². The molecular weight excluding hydrogens is 506 g/mol. The number of nitrogens with one attached hydrogen (secondary N) is 2. The van der Waals surface area contributed by atoms with Crippen LogP contribution in [0, 0.1) is 5.92 Å². The minimum atomic E-state index is -0.671. The second kappa shape index (κ2) is 18.0. The maximum absolute atomic E-state index is 12.3. The Bertz CT molecular complexity index is 922. The monoisotopic (exact) mass is 549 g/mol. The van der Waals surface area contributed by atoms with Crippen molar-refractivity contribution in [2.45, 2.75) is 83.8 Å². The molecule has 0 aliphatic carbocycles. The van der Waals surface area contributed by atoms with Crippen LogP contribution in [0.25, 0.3) is 0 Å². The number of rotatable bonds is 18. The van der Waals surface area contributed by atoms with Crippen molar-refractivity contribution in [2.75, 3.05) is 26.9 Å². The smallest absolute Gasteiger partial charge is 0.407 e. The van der Waals surface area contributed by atoms with Gasteiger partial charge in [0.05, 0.1) is 20.3 Å². The van der Waals surface area contributed by atoms with Crippen molar-refractivity contribution >= 4 is 23.9 Å². The average Bonchev–Trinajstić information content (AvgIpc) is 3.40. The molecule has 0 fully saturated rings. The summed E-state index contributed by atoms with van der Waals surface area (Å²) in [6.45, 7) is 5.30. The predicted octanol–water partition coefficient (Wildman–Crippen LogP) is 4.15. The molecule has 0 saturated carbocycles. The molecule has 1 heterocycles. The minimum Gasteiger partial charge on any atom is -0.493 e. The fourth-order valence-electron chi connectivity index (χ4n) is 4.17. The van der Waals surface area contributed by atoms with E-state index in [0.29, 0.717) is 44.1 Å². The third-order valence-corrected chi connectivity index (χ3v) is 6.45. The molecule has 39 heavy (non-hydrogen) atoms. The summed E-state index contributed by atoms with van der Waals surface area (Å²) in [5.74, 6) is 0.451. The lowest BCUT2D eigenvalue weighted by molar-refractivity contribution is -0.144. The van der Waals surface area contributed by atoms with Crippen molar-refractivity contribution in [1.82, 2.24) is 10.8 Å². The second-order valence-electron chi connectivity index (χ2n) is 9.59. The number of hydroxylamine groups is 1. The lowest BCUT2D eigenvalue weighted by Crippen LogP contribution is -2.36. The number of hydrogen-bond donors (Lipinski definition) is 3. The number of carbonyl (C=O) groups excluding carboxylic acids is 3. The van der Waals surface area contributed by atoms with E-state index >= 15 is 0 Å². The van der Waals surface area contributed by atoms with Gasteiger partial charge in [-0.1, -0.05) is 39.5 Å². The normalized spacial score (nSPS) is 17.0. The number of hydrogen-bond acceptors (Lipinski definition) is 9. The molecule has 3 atom stereocenters. The third kappa shape index (κ3) is 11.5. The van der Waals surface area contributed by atoms with Gasteiger partial charge in [-0.05, 0) is 49.4 Å². The topological polar surface area (TPSA) is 145 Å². The summed E-state index contributed by atoms with van der Waals surface area (Å²) in [7, 11) is 1.37. The van der Waals surface area contributed by atoms with Gasteiger partial charge in [0.15, 0.2) is 6.04 Å². The van der Waals surface area contributed by atoms with Crippen LogP contribution in [0.4, 0.5) is 4.79 Å².